The second-order valence-electron chi connectivity index (χ2n) is 4.21. The first-order valence-corrected chi connectivity index (χ1v) is 5.90. The lowest BCUT2D eigenvalue weighted by Crippen LogP contribution is -2.15. The van der Waals surface area contributed by atoms with E-state index in [9.17, 15) is 0 Å². The van der Waals surface area contributed by atoms with Gasteiger partial charge in [-0.05, 0) is 37.6 Å². The molecule has 0 atom stereocenters. The molecule has 2 aromatic rings. The van der Waals surface area contributed by atoms with Gasteiger partial charge >= 0.3 is 0 Å². The van der Waals surface area contributed by atoms with Crippen LogP contribution in [0, 0.1) is 13.8 Å². The minimum Gasteiger partial charge on any atom is -0.311 e. The Bertz CT molecular complexity index is 502. The third-order valence-corrected chi connectivity index (χ3v) is 2.77. The molecule has 0 aliphatic rings. The normalized spacial score (nSPS) is 10.8. The third kappa shape index (κ3) is 2.53. The van der Waals surface area contributed by atoms with Crippen LogP contribution in [-0.2, 0) is 6.54 Å². The second kappa shape index (κ2) is 5.10. The topological polar surface area (TPSA) is 42.7 Å². The van der Waals surface area contributed by atoms with Crippen LogP contribution in [0.5, 0.6) is 0 Å². The predicted octanol–water partition coefficient (Wildman–Crippen LogP) is 1.99. The Hall–Kier alpha value is -1.68. The molecule has 0 aliphatic heterocycles. The van der Waals surface area contributed by atoms with Crippen molar-refractivity contribution in [3.63, 3.8) is 0 Å². The van der Waals surface area contributed by atoms with Crippen molar-refractivity contribution in [1.82, 2.24) is 20.3 Å². The molecular weight excluding hydrogens is 212 g/mol. The Morgan fingerprint density at radius 2 is 2.12 bits per heavy atom. The van der Waals surface area contributed by atoms with Crippen LogP contribution in [0.1, 0.15) is 23.7 Å². The molecule has 90 valence electrons. The molecule has 4 heteroatoms. The van der Waals surface area contributed by atoms with Gasteiger partial charge in [-0.3, -0.25) is 0 Å². The molecule has 0 amide bonds. The molecule has 4 nitrogen and oxygen atoms in total. The van der Waals surface area contributed by atoms with E-state index in [1.54, 1.807) is 0 Å². The van der Waals surface area contributed by atoms with Crippen molar-refractivity contribution in [3.05, 3.63) is 41.2 Å². The molecule has 0 unspecified atom stereocenters. The molecule has 2 rings (SSSR count). The predicted molar refractivity (Wildman–Crippen MR) is 68.2 cm³/mol. The molecule has 0 aliphatic carbocycles. The zero-order valence-electron chi connectivity index (χ0n) is 10.6. The van der Waals surface area contributed by atoms with Crippen molar-refractivity contribution < 1.29 is 0 Å². The van der Waals surface area contributed by atoms with Crippen molar-refractivity contribution in [2.24, 2.45) is 0 Å². The Kier molecular flexibility index (Phi) is 3.54. The average Bonchev–Trinajstić information content (AvgIpc) is 2.77. The lowest BCUT2D eigenvalue weighted by atomic mass is 10.1. The molecule has 0 fully saturated rings. The maximum Gasteiger partial charge on any atom is 0.0783 e. The fraction of sp³-hybridized carbons (Fsp3) is 0.385. The van der Waals surface area contributed by atoms with Crippen LogP contribution in [0.15, 0.2) is 24.4 Å². The van der Waals surface area contributed by atoms with E-state index in [0.717, 1.165) is 24.5 Å². The van der Waals surface area contributed by atoms with Crippen LogP contribution >= 0.6 is 0 Å². The van der Waals surface area contributed by atoms with Gasteiger partial charge in [-0.25, -0.2) is 4.68 Å². The first kappa shape index (κ1) is 11.8. The summed E-state index contributed by atoms with van der Waals surface area (Å²) in [6.45, 7) is 8.00. The molecule has 0 bridgehead atoms. The number of hydrogen-bond donors (Lipinski definition) is 1. The smallest absolute Gasteiger partial charge is 0.0783 e. The fourth-order valence-electron chi connectivity index (χ4n) is 1.78. The minimum atomic E-state index is 0.789. The Morgan fingerprint density at radius 3 is 2.88 bits per heavy atom. The minimum absolute atomic E-state index is 0.789. The van der Waals surface area contributed by atoms with E-state index < -0.39 is 0 Å². The highest BCUT2D eigenvalue weighted by atomic mass is 15.4. The number of benzene rings is 1. The summed E-state index contributed by atoms with van der Waals surface area (Å²) in [5.41, 5.74) is 4.63. The Balaban J connectivity index is 2.38. The van der Waals surface area contributed by atoms with Gasteiger partial charge in [0.15, 0.2) is 0 Å². The summed E-state index contributed by atoms with van der Waals surface area (Å²) in [7, 11) is 0. The van der Waals surface area contributed by atoms with Crippen LogP contribution in [0.3, 0.4) is 0 Å². The Morgan fingerprint density at radius 1 is 1.29 bits per heavy atom. The van der Waals surface area contributed by atoms with E-state index in [1.165, 1.54) is 11.1 Å². The van der Waals surface area contributed by atoms with E-state index in [2.05, 4.69) is 54.6 Å². The fourth-order valence-corrected chi connectivity index (χ4v) is 1.78. The first-order valence-electron chi connectivity index (χ1n) is 5.90. The van der Waals surface area contributed by atoms with E-state index in [0.29, 0.717) is 0 Å². The zero-order chi connectivity index (χ0) is 12.3. The van der Waals surface area contributed by atoms with Crippen LogP contribution in [0.25, 0.3) is 5.69 Å². The molecule has 1 heterocycles. The summed E-state index contributed by atoms with van der Waals surface area (Å²) in [5.74, 6) is 0. The lowest BCUT2D eigenvalue weighted by Gasteiger charge is -2.10. The van der Waals surface area contributed by atoms with Crippen molar-refractivity contribution in [2.45, 2.75) is 27.3 Å². The molecule has 17 heavy (non-hydrogen) atoms. The van der Waals surface area contributed by atoms with Crippen LogP contribution in [0.2, 0.25) is 0 Å². The first-order chi connectivity index (χ1) is 8.22. The highest BCUT2D eigenvalue weighted by molar-refractivity contribution is 5.43. The SMILES string of the molecule is CCNCc1cnnn1-c1cc(C)ccc1C. The van der Waals surface area contributed by atoms with Crippen LogP contribution < -0.4 is 5.32 Å². The maximum absolute atomic E-state index is 4.17. The van der Waals surface area contributed by atoms with Gasteiger partial charge in [0.1, 0.15) is 0 Å². The van der Waals surface area contributed by atoms with Crippen molar-refractivity contribution in [1.29, 1.82) is 0 Å². The monoisotopic (exact) mass is 230 g/mol. The average molecular weight is 230 g/mol. The number of rotatable bonds is 4. The summed E-state index contributed by atoms with van der Waals surface area (Å²) in [4.78, 5) is 0. The highest BCUT2D eigenvalue weighted by Gasteiger charge is 2.08. The summed E-state index contributed by atoms with van der Waals surface area (Å²) >= 11 is 0. The quantitative estimate of drug-likeness (QED) is 0.873. The van der Waals surface area contributed by atoms with Gasteiger partial charge in [0.2, 0.25) is 0 Å². The van der Waals surface area contributed by atoms with E-state index >= 15 is 0 Å². The zero-order valence-corrected chi connectivity index (χ0v) is 10.6. The van der Waals surface area contributed by atoms with Gasteiger partial charge < -0.3 is 5.32 Å². The van der Waals surface area contributed by atoms with Gasteiger partial charge in [-0.1, -0.05) is 24.3 Å². The van der Waals surface area contributed by atoms with Crippen LogP contribution in [0.4, 0.5) is 0 Å². The largest absolute Gasteiger partial charge is 0.311 e. The molecule has 1 aromatic carbocycles. The number of aryl methyl sites for hydroxylation is 2. The summed E-state index contributed by atoms with van der Waals surface area (Å²) in [6.07, 6.45) is 1.81. The maximum atomic E-state index is 4.17. The third-order valence-electron chi connectivity index (χ3n) is 2.77. The Labute approximate surface area is 102 Å². The molecular formula is C13H18N4. The van der Waals surface area contributed by atoms with Crippen molar-refractivity contribution in [3.8, 4) is 5.69 Å². The van der Waals surface area contributed by atoms with Crippen molar-refractivity contribution >= 4 is 0 Å². The molecule has 0 radical (unpaired) electrons. The van der Waals surface area contributed by atoms with Gasteiger partial charge in [0, 0.05) is 6.54 Å². The van der Waals surface area contributed by atoms with Crippen molar-refractivity contribution in [2.75, 3.05) is 6.54 Å². The standard InChI is InChI=1S/C13H18N4/c1-4-14-8-12-9-15-16-17(12)13-7-10(2)5-6-11(13)3/h5-7,9,14H,4,8H2,1-3H3. The van der Waals surface area contributed by atoms with Crippen LogP contribution in [-0.4, -0.2) is 21.5 Å². The summed E-state index contributed by atoms with van der Waals surface area (Å²) < 4.78 is 1.91. The van der Waals surface area contributed by atoms with E-state index in [1.807, 2.05) is 10.9 Å². The molecule has 0 saturated heterocycles. The van der Waals surface area contributed by atoms with Gasteiger partial charge in [0.25, 0.3) is 0 Å². The van der Waals surface area contributed by atoms with E-state index in [4.69, 9.17) is 0 Å². The number of nitrogens with one attached hydrogen (secondary N) is 1. The van der Waals surface area contributed by atoms with Gasteiger partial charge in [-0.2, -0.15) is 0 Å². The number of hydrogen-bond acceptors (Lipinski definition) is 3. The molecule has 0 saturated carbocycles. The molecule has 1 N–H and O–H groups in total. The summed E-state index contributed by atoms with van der Waals surface area (Å²) in [5, 5.41) is 11.5. The molecule has 0 spiro atoms. The number of aromatic nitrogens is 3. The van der Waals surface area contributed by atoms with E-state index in [-0.39, 0.29) is 0 Å². The number of nitrogens with zero attached hydrogens (tertiary/aromatic N) is 3. The summed E-state index contributed by atoms with van der Waals surface area (Å²) in [6, 6.07) is 6.36. The van der Waals surface area contributed by atoms with Gasteiger partial charge in [-0.15, -0.1) is 5.10 Å². The highest BCUT2D eigenvalue weighted by Crippen LogP contribution is 2.16. The second-order valence-corrected chi connectivity index (χ2v) is 4.21. The van der Waals surface area contributed by atoms with Gasteiger partial charge in [0.05, 0.1) is 17.6 Å². The molecule has 1 aromatic heterocycles. The lowest BCUT2D eigenvalue weighted by molar-refractivity contribution is 0.671.